The van der Waals surface area contributed by atoms with Gasteiger partial charge >= 0.3 is 6.03 Å². The fourth-order valence-electron chi connectivity index (χ4n) is 6.00. The molecule has 5 heterocycles. The van der Waals surface area contributed by atoms with Crippen molar-refractivity contribution >= 4 is 38.6 Å². The summed E-state index contributed by atoms with van der Waals surface area (Å²) in [6, 6.07) is 1.21. The van der Waals surface area contributed by atoms with Crippen molar-refractivity contribution in [3.63, 3.8) is 0 Å². The van der Waals surface area contributed by atoms with E-state index >= 15 is 0 Å². The number of halogens is 2. The largest absolute Gasteiger partial charge is 0.379 e. The molecule has 3 aliphatic rings. The van der Waals surface area contributed by atoms with Crippen molar-refractivity contribution in [1.82, 2.24) is 39.0 Å². The maximum absolute atomic E-state index is 13.6. The van der Waals surface area contributed by atoms with Crippen molar-refractivity contribution in [1.29, 1.82) is 0 Å². The highest BCUT2D eigenvalue weighted by Gasteiger charge is 2.42. The Bertz CT molecular complexity index is 1640. The maximum atomic E-state index is 13.6. The molecule has 0 radical (unpaired) electrons. The summed E-state index contributed by atoms with van der Waals surface area (Å²) in [5.74, 6) is 0.224. The molecule has 0 bridgehead atoms. The summed E-state index contributed by atoms with van der Waals surface area (Å²) in [7, 11) is -2.11. The number of aromatic nitrogens is 4. The van der Waals surface area contributed by atoms with Crippen LogP contribution in [-0.2, 0) is 14.8 Å². The van der Waals surface area contributed by atoms with Crippen molar-refractivity contribution < 1.29 is 26.7 Å². The lowest BCUT2D eigenvalue weighted by atomic mass is 10.1. The Morgan fingerprint density at radius 2 is 1.89 bits per heavy atom. The molecule has 2 aliphatic heterocycles. The molecule has 246 valence electrons. The van der Waals surface area contributed by atoms with E-state index < -0.39 is 27.0 Å². The smallest absolute Gasteiger partial charge is 0.320 e. The number of anilines is 1. The van der Waals surface area contributed by atoms with Crippen LogP contribution in [0.5, 0.6) is 0 Å². The number of fused-ring (bicyclic) bond motifs is 1. The summed E-state index contributed by atoms with van der Waals surface area (Å²) in [6.45, 7) is 11.2. The molecule has 3 aromatic rings. The highest BCUT2D eigenvalue weighted by molar-refractivity contribution is 7.89. The zero-order chi connectivity index (χ0) is 32.1. The number of morpholine rings is 1. The van der Waals surface area contributed by atoms with Gasteiger partial charge in [-0.3, -0.25) is 9.30 Å². The van der Waals surface area contributed by atoms with Crippen LogP contribution < -0.4 is 9.62 Å². The minimum atomic E-state index is -3.93. The Hall–Kier alpha value is -2.99. The van der Waals surface area contributed by atoms with Gasteiger partial charge in [-0.25, -0.2) is 31.7 Å². The number of pyridine rings is 1. The molecule has 45 heavy (non-hydrogen) atoms. The molecule has 0 spiro atoms. The number of nitrogens with one attached hydrogen (secondary N) is 1. The third-order valence-corrected chi connectivity index (χ3v) is 11.3. The van der Waals surface area contributed by atoms with Gasteiger partial charge in [0.1, 0.15) is 4.90 Å². The molecule has 0 unspecified atom stereocenters. The predicted octanol–water partition coefficient (Wildman–Crippen LogP) is 2.90. The number of carbonyl (C=O) groups is 1. The van der Waals surface area contributed by atoms with E-state index in [1.54, 1.807) is 21.6 Å². The minimum Gasteiger partial charge on any atom is -0.379 e. The number of sulfonamides is 1. The van der Waals surface area contributed by atoms with Crippen LogP contribution in [0, 0.1) is 0 Å². The van der Waals surface area contributed by atoms with Crippen LogP contribution in [0.1, 0.15) is 45.0 Å². The van der Waals surface area contributed by atoms with Gasteiger partial charge in [0.15, 0.2) is 15.8 Å². The van der Waals surface area contributed by atoms with Gasteiger partial charge in [-0.05, 0) is 39.7 Å². The molecule has 3 fully saturated rings. The SMILES string of the molecule is C[C@H]1CN(c2cc(S(=O)(=O)NC3(C)CC3)cn3c(-c4nnc(C(F)F)s4)ncc23)C[C@H](C)N1C(=O)N(C)CCN1CCOCC1. The van der Waals surface area contributed by atoms with Gasteiger partial charge in [0.25, 0.3) is 6.43 Å². The van der Waals surface area contributed by atoms with Crippen molar-refractivity contribution in [3.8, 4) is 10.8 Å². The standard InChI is InChI=1S/C28H39F2N9O4S2/c1-18-15-37(16-19(2)39(18)27(40)35(4)7-8-36-9-11-43-12-10-36)21-13-20(45(41,42)34-28(3)5-6-28)17-38-22(21)14-31-24(38)26-33-32-25(44-26)23(29)30/h13-14,17-19,23,34H,5-12,15-16H2,1-4H3/t18-,19-/m0/s1. The van der Waals surface area contributed by atoms with E-state index in [9.17, 15) is 22.0 Å². The molecular weight excluding hydrogens is 628 g/mol. The second-order valence-electron chi connectivity index (χ2n) is 12.5. The number of nitrogens with zero attached hydrogens (tertiary/aromatic N) is 8. The number of urea groups is 1. The van der Waals surface area contributed by atoms with Crippen molar-refractivity contribution in [2.75, 3.05) is 64.4 Å². The van der Waals surface area contributed by atoms with Gasteiger partial charge in [-0.15, -0.1) is 10.2 Å². The van der Waals surface area contributed by atoms with E-state index in [-0.39, 0.29) is 33.8 Å². The number of hydrogen-bond acceptors (Lipinski definition) is 10. The summed E-state index contributed by atoms with van der Waals surface area (Å²) < 4.78 is 63.6. The third-order valence-electron chi connectivity index (χ3n) is 8.77. The number of rotatable bonds is 9. The first-order valence-electron chi connectivity index (χ1n) is 15.1. The second-order valence-corrected chi connectivity index (χ2v) is 15.2. The Morgan fingerprint density at radius 1 is 1.20 bits per heavy atom. The number of amides is 2. The van der Waals surface area contributed by atoms with Crippen LogP contribution in [-0.4, -0.2) is 126 Å². The van der Waals surface area contributed by atoms with Crippen LogP contribution in [0.3, 0.4) is 0 Å². The topological polar surface area (TPSA) is 129 Å². The molecule has 0 aromatic carbocycles. The van der Waals surface area contributed by atoms with Gasteiger partial charge in [-0.1, -0.05) is 11.3 Å². The Balaban J connectivity index is 1.29. The van der Waals surface area contributed by atoms with Gasteiger partial charge < -0.3 is 19.4 Å². The number of piperazine rings is 1. The molecule has 2 amide bonds. The molecule has 2 atom stereocenters. The number of hydrogen-bond donors (Lipinski definition) is 1. The van der Waals surface area contributed by atoms with E-state index in [1.165, 1.54) is 6.20 Å². The minimum absolute atomic E-state index is 0.0256. The normalized spacial score (nSPS) is 22.4. The van der Waals surface area contributed by atoms with Crippen LogP contribution in [0.4, 0.5) is 19.3 Å². The number of ether oxygens (including phenoxy) is 1. The van der Waals surface area contributed by atoms with Crippen LogP contribution in [0.2, 0.25) is 0 Å². The molecule has 13 nitrogen and oxygen atoms in total. The summed E-state index contributed by atoms with van der Waals surface area (Å²) >= 11 is 0.716. The molecule has 3 aromatic heterocycles. The van der Waals surface area contributed by atoms with Crippen molar-refractivity contribution in [2.45, 2.75) is 62.6 Å². The first-order chi connectivity index (χ1) is 21.3. The number of carbonyl (C=O) groups excluding carboxylic acids is 1. The zero-order valence-corrected chi connectivity index (χ0v) is 27.5. The molecule has 6 rings (SSSR count). The van der Waals surface area contributed by atoms with E-state index in [0.717, 1.165) is 32.5 Å². The maximum Gasteiger partial charge on any atom is 0.320 e. The Morgan fingerprint density at radius 3 is 2.51 bits per heavy atom. The number of alkyl halides is 2. The van der Waals surface area contributed by atoms with Gasteiger partial charge in [-0.2, -0.15) is 0 Å². The monoisotopic (exact) mass is 667 g/mol. The lowest BCUT2D eigenvalue weighted by molar-refractivity contribution is 0.0342. The first-order valence-corrected chi connectivity index (χ1v) is 17.4. The van der Waals surface area contributed by atoms with E-state index in [1.807, 2.05) is 32.7 Å². The molecular formula is C28H39F2N9O4S2. The third kappa shape index (κ3) is 6.63. The molecule has 2 saturated heterocycles. The van der Waals surface area contributed by atoms with Gasteiger partial charge in [0.05, 0.1) is 30.6 Å². The zero-order valence-electron chi connectivity index (χ0n) is 25.8. The van der Waals surface area contributed by atoms with E-state index in [0.29, 0.717) is 55.4 Å². The first kappa shape index (κ1) is 32.0. The average Bonchev–Trinajstić information content (AvgIpc) is 3.35. The Labute approximate surface area is 265 Å². The van der Waals surface area contributed by atoms with Crippen molar-refractivity contribution in [2.24, 2.45) is 0 Å². The molecule has 17 heteroatoms. The fourth-order valence-corrected chi connectivity index (χ4v) is 8.18. The van der Waals surface area contributed by atoms with Crippen LogP contribution in [0.15, 0.2) is 23.4 Å². The Kier molecular flexibility index (Phi) is 8.75. The molecule has 1 saturated carbocycles. The lowest BCUT2D eigenvalue weighted by Crippen LogP contribution is -2.61. The summed E-state index contributed by atoms with van der Waals surface area (Å²) in [5, 5.41) is 7.23. The lowest BCUT2D eigenvalue weighted by Gasteiger charge is -2.46. The number of imidazole rings is 1. The number of likely N-dealkylation sites (N-methyl/N-ethyl adjacent to an activating group) is 1. The van der Waals surface area contributed by atoms with Gasteiger partial charge in [0.2, 0.25) is 10.0 Å². The van der Waals surface area contributed by atoms with E-state index in [4.69, 9.17) is 4.74 Å². The molecule has 1 N–H and O–H groups in total. The van der Waals surface area contributed by atoms with Crippen molar-refractivity contribution in [3.05, 3.63) is 23.5 Å². The highest BCUT2D eigenvalue weighted by Crippen LogP contribution is 2.38. The van der Waals surface area contributed by atoms with Crippen LogP contribution >= 0.6 is 11.3 Å². The second kappa shape index (κ2) is 12.3. The van der Waals surface area contributed by atoms with Gasteiger partial charge in [0, 0.05) is 70.1 Å². The average molecular weight is 668 g/mol. The summed E-state index contributed by atoms with van der Waals surface area (Å²) in [4.78, 5) is 26.1. The summed E-state index contributed by atoms with van der Waals surface area (Å²) in [5.41, 5.74) is 0.708. The summed E-state index contributed by atoms with van der Waals surface area (Å²) in [6.07, 6.45) is 1.74. The van der Waals surface area contributed by atoms with E-state index in [2.05, 4.69) is 29.7 Å². The quantitative estimate of drug-likeness (QED) is 0.367. The fraction of sp³-hybridized carbons (Fsp3) is 0.643. The predicted molar refractivity (Wildman–Crippen MR) is 165 cm³/mol. The van der Waals surface area contributed by atoms with Crippen LogP contribution in [0.25, 0.3) is 16.3 Å². The highest BCUT2D eigenvalue weighted by atomic mass is 32.2. The molecule has 1 aliphatic carbocycles.